The number of aromatic nitrogens is 1. The lowest BCUT2D eigenvalue weighted by Crippen LogP contribution is -2.13. The smallest absolute Gasteiger partial charge is 0.257 e. The summed E-state index contributed by atoms with van der Waals surface area (Å²) in [6, 6.07) is 0.944. The number of nitrogens with two attached hydrogens (primary N) is 1. The molecule has 1 aromatic heterocycles. The van der Waals surface area contributed by atoms with Crippen LogP contribution >= 0.6 is 11.3 Å². The van der Waals surface area contributed by atoms with Gasteiger partial charge in [0.25, 0.3) is 5.91 Å². The SMILES string of the molecule is CC(N)c1csc(NC(=O)c2cc(F)c(F)c(F)c2)n1. The summed E-state index contributed by atoms with van der Waals surface area (Å²) in [6.45, 7) is 1.73. The maximum Gasteiger partial charge on any atom is 0.257 e. The summed E-state index contributed by atoms with van der Waals surface area (Å²) in [6.07, 6.45) is 0. The van der Waals surface area contributed by atoms with Gasteiger partial charge in [-0.15, -0.1) is 11.3 Å². The molecule has 0 fully saturated rings. The predicted octanol–water partition coefficient (Wildman–Crippen LogP) is 2.83. The summed E-state index contributed by atoms with van der Waals surface area (Å²) < 4.78 is 38.8. The molecule has 0 aliphatic heterocycles. The van der Waals surface area contributed by atoms with Gasteiger partial charge in [-0.3, -0.25) is 10.1 Å². The average Bonchev–Trinajstić information content (AvgIpc) is 2.84. The highest BCUT2D eigenvalue weighted by Crippen LogP contribution is 2.20. The lowest BCUT2D eigenvalue weighted by atomic mass is 10.2. The molecule has 106 valence electrons. The number of hydrogen-bond donors (Lipinski definition) is 2. The Kier molecular flexibility index (Phi) is 4.05. The van der Waals surface area contributed by atoms with Crippen LogP contribution < -0.4 is 11.1 Å². The van der Waals surface area contributed by atoms with Gasteiger partial charge in [-0.05, 0) is 19.1 Å². The van der Waals surface area contributed by atoms with E-state index in [1.54, 1.807) is 12.3 Å². The Morgan fingerprint density at radius 2 is 1.95 bits per heavy atom. The molecule has 20 heavy (non-hydrogen) atoms. The van der Waals surface area contributed by atoms with E-state index < -0.39 is 23.4 Å². The number of hydrogen-bond acceptors (Lipinski definition) is 4. The number of carbonyl (C=O) groups is 1. The van der Waals surface area contributed by atoms with Gasteiger partial charge in [0.2, 0.25) is 0 Å². The minimum absolute atomic E-state index is 0.243. The largest absolute Gasteiger partial charge is 0.323 e. The van der Waals surface area contributed by atoms with Crippen molar-refractivity contribution >= 4 is 22.4 Å². The summed E-state index contributed by atoms with van der Waals surface area (Å²) in [7, 11) is 0. The maximum absolute atomic E-state index is 13.0. The van der Waals surface area contributed by atoms with Crippen LogP contribution in [0.3, 0.4) is 0 Å². The third-order valence-corrected chi connectivity index (χ3v) is 3.23. The molecule has 2 aromatic rings. The first kappa shape index (κ1) is 14.5. The highest BCUT2D eigenvalue weighted by atomic mass is 32.1. The number of anilines is 1. The average molecular weight is 301 g/mol. The molecule has 1 heterocycles. The summed E-state index contributed by atoms with van der Waals surface area (Å²) in [5.41, 5.74) is 5.87. The Labute approximate surface area is 116 Å². The molecular weight excluding hydrogens is 291 g/mol. The van der Waals surface area contributed by atoms with Gasteiger partial charge in [-0.2, -0.15) is 0 Å². The van der Waals surface area contributed by atoms with Crippen molar-refractivity contribution in [2.75, 3.05) is 5.32 Å². The highest BCUT2D eigenvalue weighted by Gasteiger charge is 2.16. The quantitative estimate of drug-likeness (QED) is 0.857. The number of amides is 1. The number of thiazole rings is 1. The Morgan fingerprint density at radius 3 is 2.45 bits per heavy atom. The van der Waals surface area contributed by atoms with Gasteiger partial charge in [0.15, 0.2) is 22.6 Å². The van der Waals surface area contributed by atoms with Crippen LogP contribution in [0.2, 0.25) is 0 Å². The van der Waals surface area contributed by atoms with Crippen LogP contribution in [0, 0.1) is 17.5 Å². The molecule has 0 saturated heterocycles. The Balaban J connectivity index is 2.19. The zero-order valence-electron chi connectivity index (χ0n) is 10.3. The highest BCUT2D eigenvalue weighted by molar-refractivity contribution is 7.14. The van der Waals surface area contributed by atoms with Crippen molar-refractivity contribution in [3.63, 3.8) is 0 Å². The molecule has 0 aliphatic carbocycles. The fourth-order valence-electron chi connectivity index (χ4n) is 1.41. The topological polar surface area (TPSA) is 68.0 Å². The number of carbonyl (C=O) groups excluding carboxylic acids is 1. The number of rotatable bonds is 3. The van der Waals surface area contributed by atoms with E-state index in [0.29, 0.717) is 17.8 Å². The third kappa shape index (κ3) is 2.97. The van der Waals surface area contributed by atoms with E-state index in [9.17, 15) is 18.0 Å². The van der Waals surface area contributed by atoms with Gasteiger partial charge in [-0.25, -0.2) is 18.2 Å². The Hall–Kier alpha value is -1.93. The van der Waals surface area contributed by atoms with Crippen LogP contribution in [-0.4, -0.2) is 10.9 Å². The minimum Gasteiger partial charge on any atom is -0.323 e. The number of benzene rings is 1. The fourth-order valence-corrected chi connectivity index (χ4v) is 2.22. The summed E-state index contributed by atoms with van der Waals surface area (Å²) in [4.78, 5) is 15.8. The number of halogens is 3. The van der Waals surface area contributed by atoms with Crippen molar-refractivity contribution < 1.29 is 18.0 Å². The van der Waals surface area contributed by atoms with Gasteiger partial charge in [0.1, 0.15) is 0 Å². The molecule has 1 aromatic carbocycles. The van der Waals surface area contributed by atoms with E-state index in [-0.39, 0.29) is 16.7 Å². The molecule has 8 heteroatoms. The first-order valence-electron chi connectivity index (χ1n) is 5.55. The molecule has 0 spiro atoms. The Morgan fingerprint density at radius 1 is 1.35 bits per heavy atom. The predicted molar refractivity (Wildman–Crippen MR) is 69.0 cm³/mol. The second-order valence-electron chi connectivity index (χ2n) is 4.07. The summed E-state index contributed by atoms with van der Waals surface area (Å²) in [5.74, 6) is -5.25. The van der Waals surface area contributed by atoms with E-state index in [2.05, 4.69) is 10.3 Å². The fraction of sp³-hybridized carbons (Fsp3) is 0.167. The molecule has 3 N–H and O–H groups in total. The summed E-state index contributed by atoms with van der Waals surface area (Å²) in [5, 5.41) is 4.27. The first-order valence-corrected chi connectivity index (χ1v) is 6.43. The van der Waals surface area contributed by atoms with Crippen molar-refractivity contribution in [3.8, 4) is 0 Å². The lowest BCUT2D eigenvalue weighted by molar-refractivity contribution is 0.102. The normalized spacial score (nSPS) is 12.2. The van der Waals surface area contributed by atoms with Crippen LogP contribution in [0.1, 0.15) is 29.0 Å². The molecular formula is C12H10F3N3OS. The number of nitrogens with one attached hydrogen (secondary N) is 1. The van der Waals surface area contributed by atoms with Crippen LogP contribution in [0.5, 0.6) is 0 Å². The second-order valence-corrected chi connectivity index (χ2v) is 4.93. The van der Waals surface area contributed by atoms with Gasteiger partial charge in [-0.1, -0.05) is 0 Å². The molecule has 0 radical (unpaired) electrons. The number of nitrogens with zero attached hydrogens (tertiary/aromatic N) is 1. The molecule has 0 saturated carbocycles. The summed E-state index contributed by atoms with van der Waals surface area (Å²) >= 11 is 1.13. The van der Waals surface area contributed by atoms with Crippen LogP contribution in [-0.2, 0) is 0 Å². The van der Waals surface area contributed by atoms with Crippen molar-refractivity contribution in [1.29, 1.82) is 0 Å². The van der Waals surface area contributed by atoms with Crippen LogP contribution in [0.15, 0.2) is 17.5 Å². The monoisotopic (exact) mass is 301 g/mol. The zero-order chi connectivity index (χ0) is 14.9. The van der Waals surface area contributed by atoms with E-state index in [4.69, 9.17) is 5.73 Å². The first-order chi connectivity index (χ1) is 9.38. The minimum atomic E-state index is -1.62. The van der Waals surface area contributed by atoms with Crippen molar-refractivity contribution in [3.05, 3.63) is 46.2 Å². The molecule has 0 bridgehead atoms. The van der Waals surface area contributed by atoms with Crippen LogP contribution in [0.25, 0.3) is 0 Å². The lowest BCUT2D eigenvalue weighted by Gasteiger charge is -2.03. The second kappa shape index (κ2) is 5.59. The van der Waals surface area contributed by atoms with Crippen molar-refractivity contribution in [2.24, 2.45) is 5.73 Å². The van der Waals surface area contributed by atoms with E-state index in [1.165, 1.54) is 0 Å². The van der Waals surface area contributed by atoms with Gasteiger partial charge < -0.3 is 5.73 Å². The molecule has 1 amide bonds. The van der Waals surface area contributed by atoms with Gasteiger partial charge in [0, 0.05) is 17.0 Å². The van der Waals surface area contributed by atoms with Crippen molar-refractivity contribution in [1.82, 2.24) is 4.98 Å². The Bertz CT molecular complexity index is 634. The van der Waals surface area contributed by atoms with Crippen molar-refractivity contribution in [2.45, 2.75) is 13.0 Å². The molecule has 1 atom stereocenters. The zero-order valence-corrected chi connectivity index (χ0v) is 11.1. The van der Waals surface area contributed by atoms with E-state index in [1.807, 2.05) is 0 Å². The molecule has 2 rings (SSSR count). The van der Waals surface area contributed by atoms with E-state index >= 15 is 0 Å². The molecule has 0 aliphatic rings. The third-order valence-electron chi connectivity index (χ3n) is 2.45. The maximum atomic E-state index is 13.0. The molecule has 4 nitrogen and oxygen atoms in total. The van der Waals surface area contributed by atoms with Gasteiger partial charge >= 0.3 is 0 Å². The van der Waals surface area contributed by atoms with E-state index in [0.717, 1.165) is 11.3 Å². The van der Waals surface area contributed by atoms with Crippen LogP contribution in [0.4, 0.5) is 18.3 Å². The standard InChI is InChI=1S/C12H10F3N3OS/c1-5(16)9-4-20-12(17-9)18-11(19)6-2-7(13)10(15)8(14)3-6/h2-5H,16H2,1H3,(H,17,18,19). The molecule has 1 unspecified atom stereocenters. The van der Waals surface area contributed by atoms with Gasteiger partial charge in [0.05, 0.1) is 5.69 Å².